The molecule has 3 unspecified atom stereocenters. The van der Waals surface area contributed by atoms with E-state index in [2.05, 4.69) is 25.3 Å². The van der Waals surface area contributed by atoms with E-state index in [1.807, 2.05) is 0 Å². The van der Waals surface area contributed by atoms with Gasteiger partial charge in [-0.3, -0.25) is 9.78 Å². The lowest BCUT2D eigenvalue weighted by molar-refractivity contribution is -0.141. The molecule has 1 fully saturated rings. The second-order valence-electron chi connectivity index (χ2n) is 7.54. The van der Waals surface area contributed by atoms with Crippen LogP contribution in [0.2, 0.25) is 0 Å². The topological polar surface area (TPSA) is 183 Å². The van der Waals surface area contributed by atoms with Crippen LogP contribution in [0.4, 0.5) is 19.0 Å². The van der Waals surface area contributed by atoms with Crippen molar-refractivity contribution < 1.29 is 42.4 Å². The van der Waals surface area contributed by atoms with Crippen LogP contribution in [0.3, 0.4) is 0 Å². The van der Waals surface area contributed by atoms with Gasteiger partial charge in [0.15, 0.2) is 5.69 Å². The number of ether oxygens (including phenoxy) is 2. The molecule has 1 aliphatic rings. The fourth-order valence-corrected chi connectivity index (χ4v) is 2.66. The number of halogens is 3. The first-order chi connectivity index (χ1) is 16.4. The van der Waals surface area contributed by atoms with Crippen molar-refractivity contribution in [2.45, 2.75) is 50.9 Å². The predicted octanol–water partition coefficient (Wildman–Crippen LogP) is 0.360. The number of nitrogens with zero attached hydrogens (tertiary/aromatic N) is 4. The Kier molecular flexibility index (Phi) is 9.79. The van der Waals surface area contributed by atoms with Gasteiger partial charge in [0.25, 0.3) is 5.91 Å². The molecule has 0 radical (unpaired) electrons. The van der Waals surface area contributed by atoms with Gasteiger partial charge in [-0.25, -0.2) is 19.7 Å². The Labute approximate surface area is 197 Å². The quantitative estimate of drug-likeness (QED) is 0.414. The van der Waals surface area contributed by atoms with Crippen LogP contribution in [0.1, 0.15) is 46.9 Å². The first-order valence-electron chi connectivity index (χ1n) is 10.3. The zero-order valence-corrected chi connectivity index (χ0v) is 18.8. The number of amides is 1. The number of nitrogens with two attached hydrogens (primary N) is 1. The number of rotatable bonds is 5. The molecule has 1 amide bonds. The Hall–Kier alpha value is -3.43. The summed E-state index contributed by atoms with van der Waals surface area (Å²) < 4.78 is 45.7. The van der Waals surface area contributed by atoms with Crippen molar-refractivity contribution in [3.63, 3.8) is 0 Å². The third-order valence-corrected chi connectivity index (χ3v) is 4.36. The number of carbonyl (C=O) groups is 2. The number of carbonyl (C=O) groups excluding carboxylic acids is 2. The average molecular weight is 502 g/mol. The summed E-state index contributed by atoms with van der Waals surface area (Å²) in [6.07, 6.45) is -2.92. The van der Waals surface area contributed by atoms with Crippen molar-refractivity contribution in [2.24, 2.45) is 0 Å². The SMILES string of the molecule is CC(C)OC(=O)c1cnc(C(=O)NCC2OCCC(O)C2O)nc1.Nc1cncc(C(F)(F)F)n1. The van der Waals surface area contributed by atoms with Gasteiger partial charge in [0, 0.05) is 25.5 Å². The molecular formula is C20H25F3N6O6. The molecule has 0 aliphatic carbocycles. The predicted molar refractivity (Wildman–Crippen MR) is 113 cm³/mol. The normalized spacial score (nSPS) is 19.9. The maximum absolute atomic E-state index is 12.0. The lowest BCUT2D eigenvalue weighted by Crippen LogP contribution is -2.50. The average Bonchev–Trinajstić information content (AvgIpc) is 2.79. The van der Waals surface area contributed by atoms with Crippen LogP contribution in [0.15, 0.2) is 24.8 Å². The lowest BCUT2D eigenvalue weighted by Gasteiger charge is -2.31. The van der Waals surface area contributed by atoms with Crippen LogP contribution in [-0.4, -0.2) is 79.6 Å². The summed E-state index contributed by atoms with van der Waals surface area (Å²) in [5.41, 5.74) is 4.06. The number of aliphatic hydroxyl groups is 2. The van der Waals surface area contributed by atoms with Gasteiger partial charge in [-0.2, -0.15) is 13.2 Å². The number of hydrogen-bond acceptors (Lipinski definition) is 11. The molecule has 12 nitrogen and oxygen atoms in total. The van der Waals surface area contributed by atoms with Gasteiger partial charge in [0.2, 0.25) is 5.82 Å². The number of anilines is 1. The van der Waals surface area contributed by atoms with Crippen molar-refractivity contribution in [1.82, 2.24) is 25.3 Å². The molecule has 2 aromatic heterocycles. The Morgan fingerprint density at radius 2 is 1.89 bits per heavy atom. The molecule has 3 heterocycles. The summed E-state index contributed by atoms with van der Waals surface area (Å²) in [6.45, 7) is 3.76. The van der Waals surface area contributed by atoms with Crippen LogP contribution >= 0.6 is 0 Å². The van der Waals surface area contributed by atoms with Gasteiger partial charge < -0.3 is 30.7 Å². The summed E-state index contributed by atoms with van der Waals surface area (Å²) in [4.78, 5) is 37.6. The first-order valence-corrected chi connectivity index (χ1v) is 10.3. The molecule has 5 N–H and O–H groups in total. The molecule has 192 valence electrons. The first kappa shape index (κ1) is 27.8. The largest absolute Gasteiger partial charge is 0.459 e. The van der Waals surface area contributed by atoms with E-state index in [0.29, 0.717) is 19.2 Å². The van der Waals surface area contributed by atoms with Crippen LogP contribution < -0.4 is 11.1 Å². The Bertz CT molecular complexity index is 992. The van der Waals surface area contributed by atoms with E-state index in [4.69, 9.17) is 15.2 Å². The molecule has 0 bridgehead atoms. The number of aromatic nitrogens is 4. The maximum atomic E-state index is 12.0. The maximum Gasteiger partial charge on any atom is 0.434 e. The van der Waals surface area contributed by atoms with Gasteiger partial charge in [-0.05, 0) is 20.3 Å². The summed E-state index contributed by atoms with van der Waals surface area (Å²) in [7, 11) is 0. The molecule has 1 saturated heterocycles. The molecule has 2 aromatic rings. The van der Waals surface area contributed by atoms with Crippen molar-refractivity contribution in [2.75, 3.05) is 18.9 Å². The highest BCUT2D eigenvalue weighted by molar-refractivity contribution is 5.92. The number of alkyl halides is 3. The Morgan fingerprint density at radius 3 is 2.43 bits per heavy atom. The zero-order chi connectivity index (χ0) is 26.2. The third-order valence-electron chi connectivity index (χ3n) is 4.36. The number of nitrogen functional groups attached to an aromatic ring is 1. The second-order valence-corrected chi connectivity index (χ2v) is 7.54. The van der Waals surface area contributed by atoms with Gasteiger partial charge in [0.1, 0.15) is 18.0 Å². The van der Waals surface area contributed by atoms with Gasteiger partial charge >= 0.3 is 12.1 Å². The van der Waals surface area contributed by atoms with Crippen LogP contribution in [0.25, 0.3) is 0 Å². The molecule has 3 rings (SSSR count). The minimum Gasteiger partial charge on any atom is -0.459 e. The smallest absolute Gasteiger partial charge is 0.434 e. The fraction of sp³-hybridized carbons (Fsp3) is 0.500. The van der Waals surface area contributed by atoms with E-state index in [-0.39, 0.29) is 29.9 Å². The van der Waals surface area contributed by atoms with Gasteiger partial charge in [-0.1, -0.05) is 0 Å². The second kappa shape index (κ2) is 12.3. The number of nitrogens with one attached hydrogen (secondary N) is 1. The van der Waals surface area contributed by atoms with Gasteiger partial charge in [-0.15, -0.1) is 0 Å². The van der Waals surface area contributed by atoms with Crippen molar-refractivity contribution in [3.05, 3.63) is 41.9 Å². The zero-order valence-electron chi connectivity index (χ0n) is 18.8. The van der Waals surface area contributed by atoms with Crippen molar-refractivity contribution >= 4 is 17.7 Å². The Balaban J connectivity index is 0.000000328. The monoisotopic (exact) mass is 502 g/mol. The van der Waals surface area contributed by atoms with Crippen molar-refractivity contribution in [1.29, 1.82) is 0 Å². The van der Waals surface area contributed by atoms with E-state index in [0.717, 1.165) is 6.20 Å². The number of aliphatic hydroxyl groups excluding tert-OH is 2. The molecule has 35 heavy (non-hydrogen) atoms. The van der Waals surface area contributed by atoms with Crippen LogP contribution in [-0.2, 0) is 15.7 Å². The minimum absolute atomic E-state index is 0.0115. The van der Waals surface area contributed by atoms with Gasteiger partial charge in [0.05, 0.1) is 30.2 Å². The molecule has 0 spiro atoms. The third kappa shape index (κ3) is 8.70. The number of hydrogen-bond donors (Lipinski definition) is 4. The van der Waals surface area contributed by atoms with E-state index >= 15 is 0 Å². The highest BCUT2D eigenvalue weighted by Gasteiger charge is 2.33. The van der Waals surface area contributed by atoms with E-state index in [1.165, 1.54) is 12.4 Å². The summed E-state index contributed by atoms with van der Waals surface area (Å²) in [5, 5.41) is 21.9. The molecule has 15 heteroatoms. The van der Waals surface area contributed by atoms with Crippen LogP contribution in [0.5, 0.6) is 0 Å². The Morgan fingerprint density at radius 1 is 1.23 bits per heavy atom. The van der Waals surface area contributed by atoms with Crippen LogP contribution in [0, 0.1) is 0 Å². The molecule has 1 aliphatic heterocycles. The van der Waals surface area contributed by atoms with E-state index in [1.54, 1.807) is 13.8 Å². The van der Waals surface area contributed by atoms with Crippen molar-refractivity contribution in [3.8, 4) is 0 Å². The summed E-state index contributed by atoms with van der Waals surface area (Å²) >= 11 is 0. The minimum atomic E-state index is -4.47. The van der Waals surface area contributed by atoms with E-state index in [9.17, 15) is 33.0 Å². The molecule has 0 saturated carbocycles. The summed E-state index contributed by atoms with van der Waals surface area (Å²) in [6, 6.07) is 0. The molecule has 0 aromatic carbocycles. The highest BCUT2D eigenvalue weighted by Crippen LogP contribution is 2.26. The molecular weight excluding hydrogens is 477 g/mol. The fourth-order valence-electron chi connectivity index (χ4n) is 2.66. The molecule has 3 atom stereocenters. The summed E-state index contributed by atoms with van der Waals surface area (Å²) in [5.74, 6) is -1.50. The lowest BCUT2D eigenvalue weighted by atomic mass is 10.0. The highest BCUT2D eigenvalue weighted by atomic mass is 19.4. The number of esters is 1. The standard InChI is InChI=1S/C15H21N3O6.C5H4F3N3/c1-8(2)24-15(22)9-5-16-13(17-6-9)14(21)18-7-11-12(20)10(19)3-4-23-11;6-5(7,8)3-1-10-2-4(9)11-3/h5-6,8,10-12,19-20H,3-4,7H2,1-2H3,(H,18,21);1-2H,(H2,9,11). The van der Waals surface area contributed by atoms with E-state index < -0.39 is 42.1 Å².